The summed E-state index contributed by atoms with van der Waals surface area (Å²) in [5, 5.41) is 0. The normalized spacial score (nSPS) is 10.6. The van der Waals surface area contributed by atoms with Crippen LogP contribution in [0.3, 0.4) is 0 Å². The zero-order chi connectivity index (χ0) is 14.2. The quantitative estimate of drug-likeness (QED) is 0.740. The van der Waals surface area contributed by atoms with Crippen molar-refractivity contribution in [3.63, 3.8) is 0 Å². The van der Waals surface area contributed by atoms with E-state index in [1.54, 1.807) is 7.11 Å². The second kappa shape index (κ2) is 5.08. The Labute approximate surface area is 116 Å². The standard InChI is InChI=1S/C18H22O/c1-11-12(2)14(4)18(15(5)13(11)3)16-9-7-8-10-17(16)19-6/h7-10H,1-6H3. The van der Waals surface area contributed by atoms with E-state index in [0.29, 0.717) is 0 Å². The number of hydrogen-bond donors (Lipinski definition) is 0. The van der Waals surface area contributed by atoms with Crippen molar-refractivity contribution in [2.45, 2.75) is 34.6 Å². The number of hydrogen-bond acceptors (Lipinski definition) is 1. The molecule has 0 bridgehead atoms. The average molecular weight is 254 g/mol. The lowest BCUT2D eigenvalue weighted by atomic mass is 9.86. The van der Waals surface area contributed by atoms with E-state index in [2.05, 4.69) is 46.8 Å². The van der Waals surface area contributed by atoms with Gasteiger partial charge in [0.25, 0.3) is 0 Å². The Bertz CT molecular complexity index is 595. The molecule has 0 radical (unpaired) electrons. The van der Waals surface area contributed by atoms with Crippen LogP contribution in [0.4, 0.5) is 0 Å². The van der Waals surface area contributed by atoms with Gasteiger partial charge in [-0.3, -0.25) is 0 Å². The first-order valence-corrected chi connectivity index (χ1v) is 6.69. The highest BCUT2D eigenvalue weighted by Crippen LogP contribution is 2.38. The molecule has 1 nitrogen and oxygen atoms in total. The minimum atomic E-state index is 0.941. The van der Waals surface area contributed by atoms with Gasteiger partial charge in [0, 0.05) is 5.56 Å². The SMILES string of the molecule is COc1ccccc1-c1c(C)c(C)c(C)c(C)c1C. The van der Waals surface area contributed by atoms with Crippen molar-refractivity contribution in [1.29, 1.82) is 0 Å². The topological polar surface area (TPSA) is 9.23 Å². The fraction of sp³-hybridized carbons (Fsp3) is 0.333. The minimum absolute atomic E-state index is 0.941. The number of rotatable bonds is 2. The third-order valence-corrected chi connectivity index (χ3v) is 4.38. The molecule has 0 saturated heterocycles. The van der Waals surface area contributed by atoms with Gasteiger partial charge in [0.05, 0.1) is 7.11 Å². The molecule has 0 aliphatic rings. The van der Waals surface area contributed by atoms with Crippen molar-refractivity contribution in [3.8, 4) is 16.9 Å². The van der Waals surface area contributed by atoms with Crippen LogP contribution in [0, 0.1) is 34.6 Å². The van der Waals surface area contributed by atoms with Gasteiger partial charge in [-0.2, -0.15) is 0 Å². The Morgan fingerprint density at radius 3 is 1.68 bits per heavy atom. The highest BCUT2D eigenvalue weighted by Gasteiger charge is 2.16. The molecule has 0 aromatic heterocycles. The molecule has 1 heteroatoms. The van der Waals surface area contributed by atoms with E-state index in [9.17, 15) is 0 Å². The first-order valence-electron chi connectivity index (χ1n) is 6.69. The largest absolute Gasteiger partial charge is 0.496 e. The van der Waals surface area contributed by atoms with Crippen LogP contribution in [-0.2, 0) is 0 Å². The number of para-hydroxylation sites is 1. The van der Waals surface area contributed by atoms with Gasteiger partial charge in [-0.1, -0.05) is 18.2 Å². The third-order valence-electron chi connectivity index (χ3n) is 4.38. The smallest absolute Gasteiger partial charge is 0.126 e. The summed E-state index contributed by atoms with van der Waals surface area (Å²) in [7, 11) is 1.73. The van der Waals surface area contributed by atoms with E-state index in [-0.39, 0.29) is 0 Å². The monoisotopic (exact) mass is 254 g/mol. The molecule has 100 valence electrons. The molecular weight excluding hydrogens is 232 g/mol. The summed E-state index contributed by atoms with van der Waals surface area (Å²) in [4.78, 5) is 0. The van der Waals surface area contributed by atoms with E-state index in [4.69, 9.17) is 4.74 Å². The predicted octanol–water partition coefficient (Wildman–Crippen LogP) is 4.90. The third kappa shape index (κ3) is 2.14. The van der Waals surface area contributed by atoms with Crippen LogP contribution in [0.25, 0.3) is 11.1 Å². The van der Waals surface area contributed by atoms with E-state index in [1.807, 2.05) is 12.1 Å². The lowest BCUT2D eigenvalue weighted by Crippen LogP contribution is -2.00. The van der Waals surface area contributed by atoms with Crippen molar-refractivity contribution in [2.75, 3.05) is 7.11 Å². The number of benzene rings is 2. The summed E-state index contributed by atoms with van der Waals surface area (Å²) >= 11 is 0. The van der Waals surface area contributed by atoms with Gasteiger partial charge < -0.3 is 4.74 Å². The predicted molar refractivity (Wildman–Crippen MR) is 82.1 cm³/mol. The molecule has 2 aromatic rings. The molecule has 2 rings (SSSR count). The number of ether oxygens (including phenoxy) is 1. The summed E-state index contributed by atoms with van der Waals surface area (Å²) in [6.07, 6.45) is 0. The molecule has 0 spiro atoms. The first-order chi connectivity index (χ1) is 8.99. The van der Waals surface area contributed by atoms with Gasteiger partial charge in [0.2, 0.25) is 0 Å². The van der Waals surface area contributed by atoms with Gasteiger partial charge in [-0.25, -0.2) is 0 Å². The Hall–Kier alpha value is -1.76. The van der Waals surface area contributed by atoms with Crippen LogP contribution in [-0.4, -0.2) is 7.11 Å². The van der Waals surface area contributed by atoms with Crippen molar-refractivity contribution >= 4 is 0 Å². The summed E-state index contributed by atoms with van der Waals surface area (Å²) in [5.41, 5.74) is 9.36. The Balaban J connectivity index is 2.83. The van der Waals surface area contributed by atoms with Crippen LogP contribution < -0.4 is 4.74 Å². The Morgan fingerprint density at radius 1 is 0.684 bits per heavy atom. The Morgan fingerprint density at radius 2 is 1.16 bits per heavy atom. The van der Waals surface area contributed by atoms with Gasteiger partial charge in [0.15, 0.2) is 0 Å². The maximum atomic E-state index is 5.52. The molecular formula is C18H22O. The summed E-state index contributed by atoms with van der Waals surface area (Å²) < 4.78 is 5.52. The van der Waals surface area contributed by atoms with Crippen LogP contribution in [0.15, 0.2) is 24.3 Å². The molecule has 0 amide bonds. The number of methoxy groups -OCH3 is 1. The zero-order valence-corrected chi connectivity index (χ0v) is 12.7. The molecule has 0 aliphatic carbocycles. The second-order valence-electron chi connectivity index (χ2n) is 5.20. The van der Waals surface area contributed by atoms with E-state index in [1.165, 1.54) is 38.9 Å². The maximum Gasteiger partial charge on any atom is 0.126 e. The average Bonchev–Trinajstić information content (AvgIpc) is 2.44. The molecule has 0 saturated carbocycles. The molecule has 0 heterocycles. The van der Waals surface area contributed by atoms with Gasteiger partial charge in [-0.05, 0) is 74.1 Å². The van der Waals surface area contributed by atoms with E-state index >= 15 is 0 Å². The van der Waals surface area contributed by atoms with Crippen LogP contribution in [0.2, 0.25) is 0 Å². The first kappa shape index (κ1) is 13.7. The minimum Gasteiger partial charge on any atom is -0.496 e. The lowest BCUT2D eigenvalue weighted by Gasteiger charge is -2.20. The molecule has 0 atom stereocenters. The van der Waals surface area contributed by atoms with Crippen LogP contribution in [0.1, 0.15) is 27.8 Å². The van der Waals surface area contributed by atoms with Gasteiger partial charge >= 0.3 is 0 Å². The van der Waals surface area contributed by atoms with Crippen LogP contribution in [0.5, 0.6) is 5.75 Å². The molecule has 0 aliphatic heterocycles. The summed E-state index contributed by atoms with van der Waals surface area (Å²) in [5.74, 6) is 0.941. The molecule has 2 aromatic carbocycles. The van der Waals surface area contributed by atoms with Crippen molar-refractivity contribution < 1.29 is 4.74 Å². The highest BCUT2D eigenvalue weighted by atomic mass is 16.5. The fourth-order valence-corrected chi connectivity index (χ4v) is 2.76. The van der Waals surface area contributed by atoms with Crippen molar-refractivity contribution in [3.05, 3.63) is 52.1 Å². The summed E-state index contributed by atoms with van der Waals surface area (Å²) in [6.45, 7) is 11.0. The molecule has 0 unspecified atom stereocenters. The zero-order valence-electron chi connectivity index (χ0n) is 12.7. The van der Waals surface area contributed by atoms with E-state index < -0.39 is 0 Å². The highest BCUT2D eigenvalue weighted by molar-refractivity contribution is 5.78. The van der Waals surface area contributed by atoms with Crippen LogP contribution >= 0.6 is 0 Å². The fourth-order valence-electron chi connectivity index (χ4n) is 2.76. The van der Waals surface area contributed by atoms with E-state index in [0.717, 1.165) is 5.75 Å². The lowest BCUT2D eigenvalue weighted by molar-refractivity contribution is 0.416. The van der Waals surface area contributed by atoms with Crippen molar-refractivity contribution in [1.82, 2.24) is 0 Å². The van der Waals surface area contributed by atoms with Crippen molar-refractivity contribution in [2.24, 2.45) is 0 Å². The maximum absolute atomic E-state index is 5.52. The van der Waals surface area contributed by atoms with Gasteiger partial charge in [-0.15, -0.1) is 0 Å². The van der Waals surface area contributed by atoms with Gasteiger partial charge in [0.1, 0.15) is 5.75 Å². The molecule has 0 N–H and O–H groups in total. The Kier molecular flexibility index (Phi) is 3.66. The molecule has 0 fully saturated rings. The second-order valence-corrected chi connectivity index (χ2v) is 5.20. The molecule has 19 heavy (non-hydrogen) atoms. The summed E-state index contributed by atoms with van der Waals surface area (Å²) in [6, 6.07) is 8.25.